The SMILES string of the molecule is O=C(O)CCN(SI)c1cccc(Br)c1. The van der Waals surface area contributed by atoms with Gasteiger partial charge in [-0.25, -0.2) is 0 Å². The van der Waals surface area contributed by atoms with Gasteiger partial charge in [-0.15, -0.1) is 0 Å². The fourth-order valence-corrected chi connectivity index (χ4v) is 3.05. The molecule has 0 aliphatic rings. The Labute approximate surface area is 113 Å². The highest BCUT2D eigenvalue weighted by molar-refractivity contribution is 14.2. The quantitative estimate of drug-likeness (QED) is 0.602. The average Bonchev–Trinajstić information content (AvgIpc) is 2.18. The molecule has 0 aromatic heterocycles. The summed E-state index contributed by atoms with van der Waals surface area (Å²) >= 11 is 5.53. The number of aliphatic carboxylic acids is 1. The van der Waals surface area contributed by atoms with Crippen molar-refractivity contribution >= 4 is 57.9 Å². The van der Waals surface area contributed by atoms with Gasteiger partial charge in [-0.05, 0) is 18.2 Å². The average molecular weight is 402 g/mol. The van der Waals surface area contributed by atoms with Crippen LogP contribution in [0, 0.1) is 0 Å². The molecule has 0 aliphatic heterocycles. The second kappa shape index (κ2) is 6.59. The Bertz CT molecular complexity index is 351. The number of hydrogen-bond donors (Lipinski definition) is 1. The van der Waals surface area contributed by atoms with Crippen LogP contribution in [0.25, 0.3) is 0 Å². The number of rotatable bonds is 5. The summed E-state index contributed by atoms with van der Waals surface area (Å²) < 4.78 is 2.94. The molecule has 15 heavy (non-hydrogen) atoms. The minimum Gasteiger partial charge on any atom is -0.481 e. The Morgan fingerprint density at radius 2 is 2.33 bits per heavy atom. The smallest absolute Gasteiger partial charge is 0.305 e. The van der Waals surface area contributed by atoms with E-state index >= 15 is 0 Å². The van der Waals surface area contributed by atoms with E-state index in [0.717, 1.165) is 10.2 Å². The van der Waals surface area contributed by atoms with Crippen molar-refractivity contribution in [2.45, 2.75) is 6.42 Å². The number of nitrogens with zero attached hydrogens (tertiary/aromatic N) is 1. The lowest BCUT2D eigenvalue weighted by Crippen LogP contribution is -2.16. The third kappa shape index (κ3) is 4.60. The van der Waals surface area contributed by atoms with Crippen molar-refractivity contribution in [2.75, 3.05) is 10.8 Å². The van der Waals surface area contributed by atoms with Crippen LogP contribution in [0.5, 0.6) is 0 Å². The molecule has 82 valence electrons. The molecule has 0 heterocycles. The molecule has 0 fully saturated rings. The fourth-order valence-electron chi connectivity index (χ4n) is 1.03. The molecule has 0 atom stereocenters. The zero-order chi connectivity index (χ0) is 11.3. The Hall–Kier alpha value is 0.0500. The number of benzene rings is 1. The van der Waals surface area contributed by atoms with Gasteiger partial charge in [-0.3, -0.25) is 4.79 Å². The van der Waals surface area contributed by atoms with Gasteiger partial charge in [0.2, 0.25) is 0 Å². The predicted molar refractivity (Wildman–Crippen MR) is 75.4 cm³/mol. The first-order chi connectivity index (χ1) is 7.13. The van der Waals surface area contributed by atoms with E-state index in [-0.39, 0.29) is 6.42 Å². The van der Waals surface area contributed by atoms with Gasteiger partial charge in [-0.2, -0.15) is 0 Å². The number of carboxylic acid groups (broad SMARTS) is 1. The second-order valence-electron chi connectivity index (χ2n) is 2.79. The Morgan fingerprint density at radius 3 is 2.87 bits per heavy atom. The van der Waals surface area contributed by atoms with Gasteiger partial charge in [-0.1, -0.05) is 22.0 Å². The van der Waals surface area contributed by atoms with E-state index in [2.05, 4.69) is 37.1 Å². The highest BCUT2D eigenvalue weighted by Crippen LogP contribution is 2.29. The van der Waals surface area contributed by atoms with Gasteiger partial charge < -0.3 is 9.41 Å². The van der Waals surface area contributed by atoms with Gasteiger partial charge in [0.05, 0.1) is 6.42 Å². The summed E-state index contributed by atoms with van der Waals surface area (Å²) in [5, 5.41) is 8.61. The van der Waals surface area contributed by atoms with Crippen LogP contribution in [0.15, 0.2) is 28.7 Å². The van der Waals surface area contributed by atoms with E-state index in [0.29, 0.717) is 6.54 Å². The molecular formula is C9H9BrINO2S. The lowest BCUT2D eigenvalue weighted by Gasteiger charge is -2.19. The first-order valence-corrected chi connectivity index (χ1v) is 8.28. The van der Waals surface area contributed by atoms with Crippen molar-refractivity contribution in [3.63, 3.8) is 0 Å². The maximum absolute atomic E-state index is 10.5. The van der Waals surface area contributed by atoms with Crippen molar-refractivity contribution in [3.05, 3.63) is 28.7 Å². The van der Waals surface area contributed by atoms with Gasteiger partial charge >= 0.3 is 5.97 Å². The molecule has 0 spiro atoms. The summed E-state index contributed by atoms with van der Waals surface area (Å²) in [5.41, 5.74) is 1.00. The first-order valence-electron chi connectivity index (χ1n) is 4.17. The molecule has 0 saturated carbocycles. The summed E-state index contributed by atoms with van der Waals surface area (Å²) in [6.45, 7) is 0.499. The van der Waals surface area contributed by atoms with E-state index in [4.69, 9.17) is 5.11 Å². The van der Waals surface area contributed by atoms with Gasteiger partial charge in [0.1, 0.15) is 0 Å². The molecule has 0 bridgehead atoms. The Morgan fingerprint density at radius 1 is 1.60 bits per heavy atom. The highest BCUT2D eigenvalue weighted by Gasteiger charge is 2.08. The molecule has 1 rings (SSSR count). The van der Waals surface area contributed by atoms with E-state index in [1.807, 2.05) is 28.6 Å². The number of carbonyl (C=O) groups is 1. The molecule has 1 aromatic carbocycles. The molecule has 3 nitrogen and oxygen atoms in total. The van der Waals surface area contributed by atoms with Gasteiger partial charge in [0.25, 0.3) is 0 Å². The van der Waals surface area contributed by atoms with Crippen LogP contribution in [-0.2, 0) is 4.79 Å². The van der Waals surface area contributed by atoms with Crippen molar-refractivity contribution in [2.24, 2.45) is 0 Å². The second-order valence-corrected chi connectivity index (χ2v) is 5.47. The van der Waals surface area contributed by atoms with Crippen LogP contribution in [0.2, 0.25) is 0 Å². The molecule has 6 heteroatoms. The molecule has 1 aromatic rings. The zero-order valence-corrected chi connectivity index (χ0v) is 12.3. The van der Waals surface area contributed by atoms with Crippen LogP contribution in [0.4, 0.5) is 5.69 Å². The number of carboxylic acids is 1. The maximum Gasteiger partial charge on any atom is 0.305 e. The van der Waals surface area contributed by atoms with Crippen molar-refractivity contribution in [3.8, 4) is 0 Å². The zero-order valence-electron chi connectivity index (χ0n) is 7.69. The first kappa shape index (κ1) is 13.1. The van der Waals surface area contributed by atoms with Crippen molar-refractivity contribution < 1.29 is 9.90 Å². The number of halogens is 2. The highest BCUT2D eigenvalue weighted by atomic mass is 127. The monoisotopic (exact) mass is 401 g/mol. The minimum atomic E-state index is -0.777. The standard InChI is InChI=1S/C9H9BrINO2S/c10-7-2-1-3-8(6-7)12(15-11)5-4-9(13)14/h1-3,6H,4-5H2,(H,13,14). The number of hydrogen-bond acceptors (Lipinski definition) is 3. The summed E-state index contributed by atoms with van der Waals surface area (Å²) in [6, 6.07) is 7.79. The van der Waals surface area contributed by atoms with Crippen LogP contribution in [-0.4, -0.2) is 17.6 Å². The Balaban J connectivity index is 2.69. The molecule has 0 radical (unpaired) electrons. The van der Waals surface area contributed by atoms with Crippen LogP contribution in [0.1, 0.15) is 6.42 Å². The largest absolute Gasteiger partial charge is 0.481 e. The molecule has 0 aliphatic carbocycles. The predicted octanol–water partition coefficient (Wildman–Crippen LogP) is 3.73. The van der Waals surface area contributed by atoms with E-state index in [1.165, 1.54) is 9.12 Å². The van der Waals surface area contributed by atoms with E-state index in [9.17, 15) is 4.79 Å². The van der Waals surface area contributed by atoms with Crippen LogP contribution >= 0.6 is 46.3 Å². The summed E-state index contributed by atoms with van der Waals surface area (Å²) in [7, 11) is 1.49. The Kier molecular flexibility index (Phi) is 5.77. The summed E-state index contributed by atoms with van der Waals surface area (Å²) in [4.78, 5) is 10.5. The van der Waals surface area contributed by atoms with Crippen LogP contribution < -0.4 is 4.31 Å². The topological polar surface area (TPSA) is 40.5 Å². The molecule has 0 saturated heterocycles. The summed E-state index contributed by atoms with van der Waals surface area (Å²) in [5.74, 6) is -0.777. The molecule has 0 unspecified atom stereocenters. The normalized spacial score (nSPS) is 10.0. The maximum atomic E-state index is 10.5. The fraction of sp³-hybridized carbons (Fsp3) is 0.222. The lowest BCUT2D eigenvalue weighted by atomic mass is 10.3. The lowest BCUT2D eigenvalue weighted by molar-refractivity contribution is -0.136. The van der Waals surface area contributed by atoms with E-state index < -0.39 is 5.97 Å². The third-order valence-electron chi connectivity index (χ3n) is 1.71. The van der Waals surface area contributed by atoms with Crippen molar-refractivity contribution in [1.29, 1.82) is 0 Å². The molecular weight excluding hydrogens is 393 g/mol. The summed E-state index contributed by atoms with van der Waals surface area (Å²) in [6.07, 6.45) is 0.141. The number of anilines is 1. The molecule has 1 N–H and O–H groups in total. The van der Waals surface area contributed by atoms with Crippen molar-refractivity contribution in [1.82, 2.24) is 0 Å². The minimum absolute atomic E-state index is 0.141. The van der Waals surface area contributed by atoms with Crippen LogP contribution in [0.3, 0.4) is 0 Å². The molecule has 0 amide bonds. The van der Waals surface area contributed by atoms with E-state index in [1.54, 1.807) is 0 Å². The van der Waals surface area contributed by atoms with Gasteiger partial charge in [0.15, 0.2) is 0 Å². The third-order valence-corrected chi connectivity index (χ3v) is 4.19. The van der Waals surface area contributed by atoms with Gasteiger partial charge in [0, 0.05) is 47.0 Å².